The van der Waals surface area contributed by atoms with E-state index in [0.717, 1.165) is 21.9 Å². The average molecular weight is 428 g/mol. The summed E-state index contributed by atoms with van der Waals surface area (Å²) < 4.78 is 28.2. The molecule has 0 aliphatic heterocycles. The van der Waals surface area contributed by atoms with Crippen LogP contribution in [0.2, 0.25) is 0 Å². The molecule has 2 N–H and O–H groups in total. The molecule has 4 nitrogen and oxygen atoms in total. The summed E-state index contributed by atoms with van der Waals surface area (Å²) in [7, 11) is -3.29. The zero-order chi connectivity index (χ0) is 15.2. The normalized spacial score (nSPS) is 11.8. The summed E-state index contributed by atoms with van der Waals surface area (Å²) in [6.07, 6.45) is 1.49. The van der Waals surface area contributed by atoms with Crippen molar-refractivity contribution in [2.45, 2.75) is 32.7 Å². The van der Waals surface area contributed by atoms with Crippen LogP contribution in [0.15, 0.2) is 27.1 Å². The highest BCUT2D eigenvalue weighted by Crippen LogP contribution is 2.27. The summed E-state index contributed by atoms with van der Waals surface area (Å²) in [5, 5.41) is 3.27. The Labute approximate surface area is 138 Å². The van der Waals surface area contributed by atoms with Crippen LogP contribution >= 0.6 is 31.9 Å². The molecule has 0 spiro atoms. The highest BCUT2D eigenvalue weighted by atomic mass is 79.9. The summed E-state index contributed by atoms with van der Waals surface area (Å²) in [5.74, 6) is 0.134. The Balaban J connectivity index is 2.45. The number of unbranched alkanes of at least 4 members (excludes halogenated alkanes) is 1. The largest absolute Gasteiger partial charge is 0.315 e. The van der Waals surface area contributed by atoms with Crippen LogP contribution in [0.3, 0.4) is 0 Å². The predicted octanol–water partition coefficient (Wildman–Crippen LogP) is 3.73. The lowest BCUT2D eigenvalue weighted by Crippen LogP contribution is -2.24. The molecule has 114 valence electrons. The monoisotopic (exact) mass is 426 g/mol. The number of sulfonamides is 1. The standard InChI is InChI=1S/C13H20Br2N2O2S/c1-10(2)16-7-3-4-8-20(18,19)17-13-6-5-11(14)9-12(13)15/h5-6,9-10,16-17H,3-4,7-8H2,1-2H3. The molecule has 0 saturated carbocycles. The summed E-state index contributed by atoms with van der Waals surface area (Å²) in [6.45, 7) is 4.99. The van der Waals surface area contributed by atoms with Crippen LogP contribution in [0, 0.1) is 0 Å². The number of halogens is 2. The third-order valence-electron chi connectivity index (χ3n) is 2.59. The topological polar surface area (TPSA) is 58.2 Å². The van der Waals surface area contributed by atoms with Crippen molar-refractivity contribution in [3.63, 3.8) is 0 Å². The highest BCUT2D eigenvalue weighted by molar-refractivity contribution is 9.11. The van der Waals surface area contributed by atoms with Crippen molar-refractivity contribution in [1.82, 2.24) is 5.32 Å². The van der Waals surface area contributed by atoms with Gasteiger partial charge in [0.2, 0.25) is 10.0 Å². The zero-order valence-corrected chi connectivity index (χ0v) is 15.6. The lowest BCUT2D eigenvalue weighted by atomic mass is 10.3. The number of rotatable bonds is 8. The van der Waals surface area contributed by atoms with E-state index in [4.69, 9.17) is 0 Å². The summed E-state index contributed by atoms with van der Waals surface area (Å²) in [4.78, 5) is 0. The third-order valence-corrected chi connectivity index (χ3v) is 5.10. The number of hydrogen-bond donors (Lipinski definition) is 2. The Bertz CT molecular complexity index is 533. The first-order valence-electron chi connectivity index (χ1n) is 6.49. The van der Waals surface area contributed by atoms with E-state index >= 15 is 0 Å². The smallest absolute Gasteiger partial charge is 0.232 e. The molecule has 0 aliphatic carbocycles. The van der Waals surface area contributed by atoms with Gasteiger partial charge in [0, 0.05) is 15.0 Å². The van der Waals surface area contributed by atoms with Gasteiger partial charge in [-0.15, -0.1) is 0 Å². The number of anilines is 1. The second kappa shape index (κ2) is 8.36. The first-order chi connectivity index (χ1) is 9.30. The van der Waals surface area contributed by atoms with Gasteiger partial charge in [0.15, 0.2) is 0 Å². The molecule has 0 atom stereocenters. The van der Waals surface area contributed by atoms with Crippen LogP contribution in [0.1, 0.15) is 26.7 Å². The fourth-order valence-electron chi connectivity index (χ4n) is 1.60. The Morgan fingerprint density at radius 2 is 1.90 bits per heavy atom. The quantitative estimate of drug-likeness (QED) is 0.621. The molecule has 0 fully saturated rings. The van der Waals surface area contributed by atoms with Crippen LogP contribution in [-0.4, -0.2) is 26.8 Å². The number of hydrogen-bond acceptors (Lipinski definition) is 3. The van der Waals surface area contributed by atoms with E-state index in [2.05, 4.69) is 55.7 Å². The molecule has 0 heterocycles. The molecular weight excluding hydrogens is 408 g/mol. The first kappa shape index (κ1) is 17.9. The molecule has 0 amide bonds. The second-order valence-corrected chi connectivity index (χ2v) is 8.47. The Morgan fingerprint density at radius 3 is 2.50 bits per heavy atom. The van der Waals surface area contributed by atoms with Crippen molar-refractivity contribution in [2.24, 2.45) is 0 Å². The van der Waals surface area contributed by atoms with Crippen molar-refractivity contribution in [3.05, 3.63) is 27.1 Å². The summed E-state index contributed by atoms with van der Waals surface area (Å²) >= 11 is 6.67. The Kier molecular flexibility index (Phi) is 7.50. The summed E-state index contributed by atoms with van der Waals surface area (Å²) in [6, 6.07) is 5.77. The van der Waals surface area contributed by atoms with E-state index in [-0.39, 0.29) is 5.75 Å². The van der Waals surface area contributed by atoms with Gasteiger partial charge in [-0.05, 0) is 53.5 Å². The van der Waals surface area contributed by atoms with Gasteiger partial charge in [-0.1, -0.05) is 29.8 Å². The van der Waals surface area contributed by atoms with Crippen molar-refractivity contribution in [2.75, 3.05) is 17.0 Å². The van der Waals surface area contributed by atoms with E-state index in [9.17, 15) is 8.42 Å². The van der Waals surface area contributed by atoms with Gasteiger partial charge in [-0.3, -0.25) is 4.72 Å². The molecule has 1 aromatic rings. The first-order valence-corrected chi connectivity index (χ1v) is 9.73. The molecule has 1 rings (SSSR count). The predicted molar refractivity (Wildman–Crippen MR) is 91.6 cm³/mol. The maximum Gasteiger partial charge on any atom is 0.232 e. The molecular formula is C13H20Br2N2O2S. The molecule has 0 unspecified atom stereocenters. The minimum Gasteiger partial charge on any atom is -0.315 e. The molecule has 0 aliphatic rings. The highest BCUT2D eigenvalue weighted by Gasteiger charge is 2.12. The van der Waals surface area contributed by atoms with Gasteiger partial charge in [-0.25, -0.2) is 8.42 Å². The molecule has 20 heavy (non-hydrogen) atoms. The van der Waals surface area contributed by atoms with E-state index < -0.39 is 10.0 Å². The average Bonchev–Trinajstić information content (AvgIpc) is 2.32. The number of nitrogens with one attached hydrogen (secondary N) is 2. The lowest BCUT2D eigenvalue weighted by molar-refractivity contribution is 0.561. The van der Waals surface area contributed by atoms with E-state index in [0.29, 0.717) is 18.2 Å². The third kappa shape index (κ3) is 7.06. The van der Waals surface area contributed by atoms with Gasteiger partial charge in [0.05, 0.1) is 11.4 Å². The van der Waals surface area contributed by atoms with Crippen molar-refractivity contribution < 1.29 is 8.42 Å². The van der Waals surface area contributed by atoms with Crippen molar-refractivity contribution in [3.8, 4) is 0 Å². The van der Waals surface area contributed by atoms with Gasteiger partial charge < -0.3 is 5.32 Å². The van der Waals surface area contributed by atoms with Gasteiger partial charge in [-0.2, -0.15) is 0 Å². The van der Waals surface area contributed by atoms with Crippen LogP contribution in [0.25, 0.3) is 0 Å². The fourth-order valence-corrected chi connectivity index (χ4v) is 4.08. The molecule has 0 saturated heterocycles. The van der Waals surface area contributed by atoms with Gasteiger partial charge in [0.25, 0.3) is 0 Å². The Hall–Kier alpha value is -0.110. The lowest BCUT2D eigenvalue weighted by Gasteiger charge is -2.11. The Morgan fingerprint density at radius 1 is 1.20 bits per heavy atom. The molecule has 0 radical (unpaired) electrons. The fraction of sp³-hybridized carbons (Fsp3) is 0.538. The van der Waals surface area contributed by atoms with E-state index in [1.54, 1.807) is 12.1 Å². The van der Waals surface area contributed by atoms with Crippen LogP contribution in [-0.2, 0) is 10.0 Å². The van der Waals surface area contributed by atoms with E-state index in [1.165, 1.54) is 0 Å². The molecule has 0 aromatic heterocycles. The van der Waals surface area contributed by atoms with Crippen LogP contribution < -0.4 is 10.0 Å². The van der Waals surface area contributed by atoms with Gasteiger partial charge >= 0.3 is 0 Å². The van der Waals surface area contributed by atoms with Crippen LogP contribution in [0.4, 0.5) is 5.69 Å². The minimum absolute atomic E-state index is 0.134. The minimum atomic E-state index is -3.29. The van der Waals surface area contributed by atoms with Crippen molar-refractivity contribution in [1.29, 1.82) is 0 Å². The molecule has 1 aromatic carbocycles. The maximum absolute atomic E-state index is 12.0. The van der Waals surface area contributed by atoms with Crippen LogP contribution in [0.5, 0.6) is 0 Å². The second-order valence-electron chi connectivity index (χ2n) is 4.86. The summed E-state index contributed by atoms with van der Waals surface area (Å²) in [5.41, 5.74) is 0.563. The number of benzene rings is 1. The SMILES string of the molecule is CC(C)NCCCCS(=O)(=O)Nc1ccc(Br)cc1Br. The zero-order valence-electron chi connectivity index (χ0n) is 11.6. The van der Waals surface area contributed by atoms with Crippen molar-refractivity contribution >= 4 is 47.6 Å². The maximum atomic E-state index is 12.0. The van der Waals surface area contributed by atoms with E-state index in [1.807, 2.05) is 6.07 Å². The molecule has 7 heteroatoms. The molecule has 0 bridgehead atoms. The van der Waals surface area contributed by atoms with Gasteiger partial charge in [0.1, 0.15) is 0 Å².